The quantitative estimate of drug-likeness (QED) is 0.668. The van der Waals surface area contributed by atoms with Crippen molar-refractivity contribution in [3.8, 4) is 0 Å². The summed E-state index contributed by atoms with van der Waals surface area (Å²) in [4.78, 5) is 0. The highest BCUT2D eigenvalue weighted by Crippen LogP contribution is 2.29. The number of rotatable bonds is 4. The van der Waals surface area contributed by atoms with Crippen LogP contribution in [0.1, 0.15) is 37.7 Å². The Kier molecular flexibility index (Phi) is 5.84. The first-order chi connectivity index (χ1) is 12.6. The first-order valence-corrected chi connectivity index (χ1v) is 9.42. The number of piperidine rings is 1. The highest BCUT2D eigenvalue weighted by molar-refractivity contribution is 5.56. The molecule has 0 bridgehead atoms. The lowest BCUT2D eigenvalue weighted by Crippen LogP contribution is -2.38. The first kappa shape index (κ1) is 18.3. The van der Waals surface area contributed by atoms with Crippen LogP contribution in [0.5, 0.6) is 0 Å². The fourth-order valence-electron chi connectivity index (χ4n) is 3.78. The van der Waals surface area contributed by atoms with Gasteiger partial charge in [-0.15, -0.1) is 0 Å². The van der Waals surface area contributed by atoms with Gasteiger partial charge in [0.15, 0.2) is 0 Å². The van der Waals surface area contributed by atoms with Crippen molar-refractivity contribution in [1.82, 2.24) is 5.32 Å². The minimum Gasteiger partial charge on any atom is -0.404 e. The van der Waals surface area contributed by atoms with Crippen molar-refractivity contribution in [3.05, 3.63) is 64.2 Å². The molecular formula is C22H30N4. The zero-order valence-electron chi connectivity index (χ0n) is 15.6. The smallest absolute Gasteiger partial charge is 0.0439 e. The zero-order chi connectivity index (χ0) is 18.5. The Balaban J connectivity index is 2.03. The molecule has 1 saturated heterocycles. The number of nitrogens with one attached hydrogen (secondary N) is 2. The minimum atomic E-state index is 0.333. The van der Waals surface area contributed by atoms with E-state index in [2.05, 4.69) is 48.4 Å². The number of hydrogen-bond acceptors (Lipinski definition) is 4. The molecule has 1 aromatic rings. The Hall–Kier alpha value is -2.46. The zero-order valence-corrected chi connectivity index (χ0v) is 15.6. The van der Waals surface area contributed by atoms with Gasteiger partial charge in [0.2, 0.25) is 0 Å². The molecule has 1 aliphatic carbocycles. The van der Waals surface area contributed by atoms with E-state index in [0.29, 0.717) is 12.0 Å². The van der Waals surface area contributed by atoms with Crippen molar-refractivity contribution < 1.29 is 0 Å². The highest BCUT2D eigenvalue weighted by atomic mass is 15.0. The van der Waals surface area contributed by atoms with Crippen molar-refractivity contribution >= 4 is 18.0 Å². The van der Waals surface area contributed by atoms with E-state index in [0.717, 1.165) is 59.7 Å². The molecular weight excluding hydrogens is 320 g/mol. The second-order valence-corrected chi connectivity index (χ2v) is 7.16. The van der Waals surface area contributed by atoms with Crippen LogP contribution in [0.25, 0.3) is 12.3 Å². The van der Waals surface area contributed by atoms with E-state index in [1.165, 1.54) is 5.56 Å². The average Bonchev–Trinajstić information content (AvgIpc) is 2.65. The van der Waals surface area contributed by atoms with Crippen LogP contribution < -0.4 is 32.5 Å². The van der Waals surface area contributed by atoms with Crippen LogP contribution >= 0.6 is 0 Å². The summed E-state index contributed by atoms with van der Waals surface area (Å²) >= 11 is 0. The third kappa shape index (κ3) is 4.02. The van der Waals surface area contributed by atoms with Crippen LogP contribution in [-0.4, -0.2) is 19.1 Å². The normalized spacial score (nSPS) is 22.7. The lowest BCUT2D eigenvalue weighted by Gasteiger charge is -2.26. The summed E-state index contributed by atoms with van der Waals surface area (Å²) in [5.41, 5.74) is 16.4. The number of allylic oxidation sites excluding steroid dienone is 4. The van der Waals surface area contributed by atoms with Gasteiger partial charge in [0.25, 0.3) is 0 Å². The van der Waals surface area contributed by atoms with E-state index in [1.807, 2.05) is 12.2 Å². The average molecular weight is 351 g/mol. The van der Waals surface area contributed by atoms with E-state index in [-0.39, 0.29) is 0 Å². The SMILES string of the molecule is C=C/C=c1/cc(C2C=C(C)C(N)=CC2)cc(NC2CCNCC2)/c1=C/N. The summed E-state index contributed by atoms with van der Waals surface area (Å²) in [6.07, 6.45) is 13.1. The molecule has 26 heavy (non-hydrogen) atoms. The molecule has 1 aromatic carbocycles. The van der Waals surface area contributed by atoms with Gasteiger partial charge in [-0.1, -0.05) is 36.9 Å². The number of benzene rings is 1. The van der Waals surface area contributed by atoms with Gasteiger partial charge in [-0.3, -0.25) is 0 Å². The molecule has 0 saturated carbocycles. The second kappa shape index (κ2) is 8.28. The summed E-state index contributed by atoms with van der Waals surface area (Å²) in [7, 11) is 0. The molecule has 138 valence electrons. The molecule has 0 amide bonds. The molecule has 2 aliphatic rings. The summed E-state index contributed by atoms with van der Waals surface area (Å²) < 4.78 is 0. The Labute approximate surface area is 156 Å². The maximum atomic E-state index is 6.03. The van der Waals surface area contributed by atoms with Crippen LogP contribution in [0.4, 0.5) is 5.69 Å². The van der Waals surface area contributed by atoms with Crippen molar-refractivity contribution in [2.45, 2.75) is 38.1 Å². The van der Waals surface area contributed by atoms with E-state index in [4.69, 9.17) is 11.5 Å². The second-order valence-electron chi connectivity index (χ2n) is 7.16. The number of nitrogens with two attached hydrogens (primary N) is 2. The monoisotopic (exact) mass is 350 g/mol. The van der Waals surface area contributed by atoms with Gasteiger partial charge in [0, 0.05) is 34.8 Å². The largest absolute Gasteiger partial charge is 0.404 e. The Morgan fingerprint density at radius 3 is 2.69 bits per heavy atom. The summed E-state index contributed by atoms with van der Waals surface area (Å²) in [5, 5.41) is 9.29. The molecule has 1 unspecified atom stereocenters. The third-order valence-electron chi connectivity index (χ3n) is 5.32. The van der Waals surface area contributed by atoms with Crippen LogP contribution in [0.3, 0.4) is 0 Å². The molecule has 4 nitrogen and oxygen atoms in total. The molecule has 1 heterocycles. The van der Waals surface area contributed by atoms with Gasteiger partial charge in [0.05, 0.1) is 0 Å². The van der Waals surface area contributed by atoms with E-state index < -0.39 is 0 Å². The Bertz CT molecular complexity index is 842. The Morgan fingerprint density at radius 1 is 1.27 bits per heavy atom. The molecule has 0 spiro atoms. The van der Waals surface area contributed by atoms with Crippen molar-refractivity contribution in [2.75, 3.05) is 18.4 Å². The van der Waals surface area contributed by atoms with E-state index in [9.17, 15) is 0 Å². The van der Waals surface area contributed by atoms with Crippen molar-refractivity contribution in [2.24, 2.45) is 11.5 Å². The minimum absolute atomic E-state index is 0.333. The molecule has 0 aromatic heterocycles. The molecule has 1 atom stereocenters. The van der Waals surface area contributed by atoms with Gasteiger partial charge >= 0.3 is 0 Å². The summed E-state index contributed by atoms with van der Waals surface area (Å²) in [6, 6.07) is 4.95. The lowest BCUT2D eigenvalue weighted by atomic mass is 9.88. The number of hydrogen-bond donors (Lipinski definition) is 4. The van der Waals surface area contributed by atoms with Crippen molar-refractivity contribution in [1.29, 1.82) is 0 Å². The third-order valence-corrected chi connectivity index (χ3v) is 5.32. The molecule has 3 rings (SSSR count). The van der Waals surface area contributed by atoms with Gasteiger partial charge in [-0.05, 0) is 61.7 Å². The summed E-state index contributed by atoms with van der Waals surface area (Å²) in [5.74, 6) is 0.333. The standard InChI is InChI=1S/C22H30N4/c1-3-4-17-12-18(16-5-6-21(24)15(2)11-16)13-22(20(17)14-23)26-19-7-9-25-10-8-19/h3-4,6,11-14,16,19,25-26H,1,5,7-10,23-24H2,2H3/b17-4-,20-14+. The molecule has 1 aliphatic heterocycles. The molecule has 4 heteroatoms. The molecule has 1 fully saturated rings. The van der Waals surface area contributed by atoms with E-state index >= 15 is 0 Å². The van der Waals surface area contributed by atoms with Gasteiger partial charge in [-0.2, -0.15) is 0 Å². The van der Waals surface area contributed by atoms with Crippen molar-refractivity contribution in [3.63, 3.8) is 0 Å². The topological polar surface area (TPSA) is 76.1 Å². The fourth-order valence-corrected chi connectivity index (χ4v) is 3.78. The van der Waals surface area contributed by atoms with Gasteiger partial charge < -0.3 is 22.1 Å². The number of anilines is 1. The predicted molar refractivity (Wildman–Crippen MR) is 112 cm³/mol. The van der Waals surface area contributed by atoms with E-state index in [1.54, 1.807) is 6.20 Å². The lowest BCUT2D eigenvalue weighted by molar-refractivity contribution is 0.479. The van der Waals surface area contributed by atoms with Gasteiger partial charge in [0.1, 0.15) is 0 Å². The Morgan fingerprint density at radius 2 is 2.04 bits per heavy atom. The highest BCUT2D eigenvalue weighted by Gasteiger charge is 2.17. The predicted octanol–water partition coefficient (Wildman–Crippen LogP) is 1.79. The van der Waals surface area contributed by atoms with Crippen LogP contribution in [0.15, 0.2) is 48.2 Å². The van der Waals surface area contributed by atoms with Gasteiger partial charge in [-0.25, -0.2) is 0 Å². The summed E-state index contributed by atoms with van der Waals surface area (Å²) in [6.45, 7) is 8.05. The maximum Gasteiger partial charge on any atom is 0.0439 e. The molecule has 6 N–H and O–H groups in total. The molecule has 0 radical (unpaired) electrons. The maximum absolute atomic E-state index is 6.03. The first-order valence-electron chi connectivity index (χ1n) is 9.42. The fraction of sp³-hybridized carbons (Fsp3) is 0.364. The van der Waals surface area contributed by atoms with Crippen LogP contribution in [0, 0.1) is 0 Å². The van der Waals surface area contributed by atoms with Crippen LogP contribution in [0.2, 0.25) is 0 Å². The van der Waals surface area contributed by atoms with Crippen LogP contribution in [-0.2, 0) is 0 Å².